The van der Waals surface area contributed by atoms with E-state index in [1.54, 1.807) is 0 Å². The predicted octanol–water partition coefficient (Wildman–Crippen LogP) is 8.83. The molecule has 2 N–H and O–H groups in total. The molecule has 1 aliphatic rings. The van der Waals surface area contributed by atoms with Crippen LogP contribution in [0.15, 0.2) is 140 Å². The molecule has 5 nitrogen and oxygen atoms in total. The molecule has 6 rings (SSSR count). The summed E-state index contributed by atoms with van der Waals surface area (Å²) in [6.45, 7) is 0.188. The molecule has 0 radical (unpaired) electrons. The summed E-state index contributed by atoms with van der Waals surface area (Å²) < 4.78 is 8.55. The molecule has 5 aromatic carbocycles. The number of carbonyl (C=O) groups excluding carboxylic acids is 1. The van der Waals surface area contributed by atoms with Crippen molar-refractivity contribution in [3.8, 4) is 11.1 Å². The number of carboxylic acid groups (broad SMARTS) is 1. The van der Waals surface area contributed by atoms with E-state index in [0.717, 1.165) is 38.9 Å². The average Bonchev–Trinajstić information content (AvgIpc) is 3.41. The lowest BCUT2D eigenvalue weighted by Crippen LogP contribution is -2.35. The maximum absolute atomic E-state index is 12.8. The fraction of sp³-hybridized carbons (Fsp3) is 0.179. The van der Waals surface area contributed by atoms with Crippen molar-refractivity contribution in [2.24, 2.45) is 0 Å². The van der Waals surface area contributed by atoms with Crippen molar-refractivity contribution < 1.29 is 19.4 Å². The van der Waals surface area contributed by atoms with Gasteiger partial charge < -0.3 is 9.84 Å². The van der Waals surface area contributed by atoms with Crippen molar-refractivity contribution >= 4 is 23.2 Å². The van der Waals surface area contributed by atoms with E-state index >= 15 is 0 Å². The molecular formula is C39H35NO4S. The van der Waals surface area contributed by atoms with Gasteiger partial charge in [-0.1, -0.05) is 140 Å². The predicted molar refractivity (Wildman–Crippen MR) is 180 cm³/mol. The van der Waals surface area contributed by atoms with Gasteiger partial charge in [-0.15, -0.1) is 0 Å². The summed E-state index contributed by atoms with van der Waals surface area (Å²) in [5.41, 5.74) is 7.55. The fourth-order valence-electron chi connectivity index (χ4n) is 6.64. The van der Waals surface area contributed by atoms with Crippen LogP contribution in [0, 0.1) is 0 Å². The molecule has 0 spiro atoms. The number of ether oxygens (including phenoxy) is 1. The molecule has 0 fully saturated rings. The standard InChI is InChI=1S/C39H35NO4S/c41-37(42)36(40-45-38(43)44-27-35-33-23-12-10-21-31(33)32-22-11-13-24-34(32)35)25-14-26-39(28-15-4-1-5-16-28,29-17-6-2-7-18-29)30-19-8-3-9-20-30/h1-13,15-24,35-36,40H,14,25-27H2,(H,41,42)/t36-/m0/s1. The maximum atomic E-state index is 12.8. The number of carboxylic acids is 1. The lowest BCUT2D eigenvalue weighted by molar-refractivity contribution is -0.139. The second-order valence-corrected chi connectivity index (χ2v) is 12.1. The van der Waals surface area contributed by atoms with Gasteiger partial charge >= 0.3 is 11.3 Å². The Labute approximate surface area is 268 Å². The van der Waals surface area contributed by atoms with E-state index in [0.29, 0.717) is 31.2 Å². The van der Waals surface area contributed by atoms with Crippen molar-refractivity contribution in [2.45, 2.75) is 36.6 Å². The molecule has 6 heteroatoms. The van der Waals surface area contributed by atoms with Crippen LogP contribution < -0.4 is 4.72 Å². The number of fused-ring (bicyclic) bond motifs is 3. The lowest BCUT2D eigenvalue weighted by atomic mass is 9.66. The summed E-state index contributed by atoms with van der Waals surface area (Å²) in [4.78, 5) is 25.1. The van der Waals surface area contributed by atoms with Gasteiger partial charge in [0.25, 0.3) is 0 Å². The van der Waals surface area contributed by atoms with Crippen LogP contribution in [0.3, 0.4) is 0 Å². The molecule has 0 amide bonds. The first kappa shape index (κ1) is 30.4. The first-order valence-electron chi connectivity index (χ1n) is 15.2. The van der Waals surface area contributed by atoms with E-state index < -0.39 is 22.7 Å². The van der Waals surface area contributed by atoms with Crippen molar-refractivity contribution in [2.75, 3.05) is 6.61 Å². The van der Waals surface area contributed by atoms with Crippen LogP contribution in [0.25, 0.3) is 11.1 Å². The van der Waals surface area contributed by atoms with E-state index in [4.69, 9.17) is 4.74 Å². The van der Waals surface area contributed by atoms with Crippen molar-refractivity contribution in [1.82, 2.24) is 4.72 Å². The molecule has 1 atom stereocenters. The molecular weight excluding hydrogens is 578 g/mol. The molecule has 5 aromatic rings. The molecule has 1 aliphatic carbocycles. The van der Waals surface area contributed by atoms with Crippen molar-refractivity contribution in [1.29, 1.82) is 0 Å². The van der Waals surface area contributed by atoms with Gasteiger partial charge in [-0.2, -0.15) is 0 Å². The van der Waals surface area contributed by atoms with Crippen LogP contribution >= 0.6 is 11.9 Å². The highest BCUT2D eigenvalue weighted by molar-refractivity contribution is 8.11. The Balaban J connectivity index is 1.13. The van der Waals surface area contributed by atoms with E-state index in [2.05, 4.69) is 65.4 Å². The highest BCUT2D eigenvalue weighted by Gasteiger charge is 2.36. The molecule has 0 saturated carbocycles. The fourth-order valence-corrected chi connectivity index (χ4v) is 7.23. The normalized spacial score (nSPS) is 13.1. The van der Waals surface area contributed by atoms with Gasteiger partial charge in [-0.25, -0.2) is 9.52 Å². The van der Waals surface area contributed by atoms with E-state index in [-0.39, 0.29) is 12.5 Å². The minimum Gasteiger partial charge on any atom is -0.480 e. The van der Waals surface area contributed by atoms with Gasteiger partial charge in [-0.05, 0) is 58.2 Å². The highest BCUT2D eigenvalue weighted by Crippen LogP contribution is 2.45. The zero-order valence-electron chi connectivity index (χ0n) is 24.8. The molecule has 0 unspecified atom stereocenters. The summed E-state index contributed by atoms with van der Waals surface area (Å²) in [5, 5.41) is 9.51. The molecule has 45 heavy (non-hydrogen) atoms. The number of aliphatic carboxylic acids is 1. The number of rotatable bonds is 12. The Morgan fingerprint density at radius 2 is 1.13 bits per heavy atom. The van der Waals surface area contributed by atoms with Crippen molar-refractivity contribution in [3.05, 3.63) is 167 Å². The van der Waals surface area contributed by atoms with E-state index in [1.165, 1.54) is 0 Å². The van der Waals surface area contributed by atoms with Crippen LogP contribution in [0.1, 0.15) is 53.0 Å². The van der Waals surface area contributed by atoms with Gasteiger partial charge in [-0.3, -0.25) is 4.79 Å². The van der Waals surface area contributed by atoms with Gasteiger partial charge in [0.05, 0.1) is 0 Å². The second kappa shape index (κ2) is 14.0. The number of carbonyl (C=O) groups is 2. The van der Waals surface area contributed by atoms with Crippen LogP contribution in [-0.2, 0) is 14.9 Å². The molecule has 0 aromatic heterocycles. The Morgan fingerprint density at radius 3 is 1.60 bits per heavy atom. The van der Waals surface area contributed by atoms with Crippen LogP contribution in [0.2, 0.25) is 0 Å². The number of benzene rings is 5. The maximum Gasteiger partial charge on any atom is 0.382 e. The number of nitrogens with one attached hydrogen (secondary N) is 1. The second-order valence-electron chi connectivity index (χ2n) is 11.3. The number of hydrogen-bond acceptors (Lipinski definition) is 5. The van der Waals surface area contributed by atoms with Gasteiger partial charge in [0.1, 0.15) is 12.6 Å². The van der Waals surface area contributed by atoms with E-state index in [1.807, 2.05) is 78.9 Å². The average molecular weight is 614 g/mol. The third-order valence-electron chi connectivity index (χ3n) is 8.76. The number of hydrogen-bond donors (Lipinski definition) is 2. The smallest absolute Gasteiger partial charge is 0.382 e. The van der Waals surface area contributed by atoms with Crippen LogP contribution in [0.5, 0.6) is 0 Å². The van der Waals surface area contributed by atoms with Crippen LogP contribution in [-0.4, -0.2) is 29.0 Å². The quantitative estimate of drug-likeness (QED) is 0.0832. The SMILES string of the molecule is O=C(OCC1c2ccccc2-c2ccccc21)SN[C@@H](CCCC(c1ccccc1)(c1ccccc1)c1ccccc1)C(=O)O. The zero-order chi connectivity index (χ0) is 31.1. The lowest BCUT2D eigenvalue weighted by Gasteiger charge is -2.36. The minimum absolute atomic E-state index is 0.0562. The van der Waals surface area contributed by atoms with Gasteiger partial charge in [0, 0.05) is 23.3 Å². The minimum atomic E-state index is -1.00. The topological polar surface area (TPSA) is 75.6 Å². The summed E-state index contributed by atoms with van der Waals surface area (Å²) in [6, 6.07) is 46.5. The molecule has 0 bridgehead atoms. The van der Waals surface area contributed by atoms with Gasteiger partial charge in [0.2, 0.25) is 0 Å². The Bertz CT molecular complexity index is 1600. The molecule has 0 heterocycles. The monoisotopic (exact) mass is 613 g/mol. The van der Waals surface area contributed by atoms with E-state index in [9.17, 15) is 14.7 Å². The Morgan fingerprint density at radius 1 is 0.689 bits per heavy atom. The Hall–Kier alpha value is -4.65. The first-order chi connectivity index (χ1) is 22.1. The molecule has 226 valence electrons. The largest absolute Gasteiger partial charge is 0.480 e. The first-order valence-corrected chi connectivity index (χ1v) is 16.1. The molecule has 0 saturated heterocycles. The van der Waals surface area contributed by atoms with Crippen LogP contribution in [0.4, 0.5) is 4.79 Å². The third-order valence-corrected chi connectivity index (χ3v) is 9.44. The summed E-state index contributed by atoms with van der Waals surface area (Å²) in [6.07, 6.45) is 1.63. The highest BCUT2D eigenvalue weighted by atomic mass is 32.2. The summed E-state index contributed by atoms with van der Waals surface area (Å²) >= 11 is 0.714. The Kier molecular flexibility index (Phi) is 9.44. The summed E-state index contributed by atoms with van der Waals surface area (Å²) in [5.74, 6) is -1.06. The van der Waals surface area contributed by atoms with Gasteiger partial charge in [0.15, 0.2) is 0 Å². The molecule has 0 aliphatic heterocycles. The summed E-state index contributed by atoms with van der Waals surface area (Å²) in [7, 11) is 0. The van der Waals surface area contributed by atoms with Crippen molar-refractivity contribution in [3.63, 3.8) is 0 Å². The third kappa shape index (κ3) is 6.44. The zero-order valence-corrected chi connectivity index (χ0v) is 25.7.